The molecule has 3 aromatic rings. The number of pyridine rings is 2. The first-order valence-electron chi connectivity index (χ1n) is 9.82. The van der Waals surface area contributed by atoms with Gasteiger partial charge in [0.1, 0.15) is 11.6 Å². The van der Waals surface area contributed by atoms with Gasteiger partial charge in [-0.05, 0) is 17.7 Å². The number of hydrogen-bond donors (Lipinski definition) is 3. The van der Waals surface area contributed by atoms with E-state index in [4.69, 9.17) is 10.5 Å². The van der Waals surface area contributed by atoms with Crippen LogP contribution in [0.1, 0.15) is 15.9 Å². The molecule has 1 saturated heterocycles. The van der Waals surface area contributed by atoms with Crippen LogP contribution in [0.2, 0.25) is 0 Å². The van der Waals surface area contributed by atoms with Crippen LogP contribution < -0.4 is 21.3 Å². The second-order valence-corrected chi connectivity index (χ2v) is 6.95. The lowest BCUT2D eigenvalue weighted by Gasteiger charge is -2.27. The number of nitrogens with two attached hydrogens (primary N) is 1. The Morgan fingerprint density at radius 1 is 1.07 bits per heavy atom. The molecule has 0 aliphatic carbocycles. The van der Waals surface area contributed by atoms with E-state index >= 15 is 0 Å². The topological polar surface area (TPSA) is 105 Å². The number of rotatable bonds is 7. The van der Waals surface area contributed by atoms with E-state index in [-0.39, 0.29) is 0 Å². The smallest absolute Gasteiger partial charge is 0.252 e. The summed E-state index contributed by atoms with van der Waals surface area (Å²) in [6, 6.07) is 15.6. The van der Waals surface area contributed by atoms with Crippen LogP contribution >= 0.6 is 0 Å². The monoisotopic (exact) mass is 404 g/mol. The molecule has 0 saturated carbocycles. The Bertz CT molecular complexity index is 988. The van der Waals surface area contributed by atoms with Crippen molar-refractivity contribution in [3.8, 4) is 0 Å². The number of anilines is 4. The molecular weight excluding hydrogens is 380 g/mol. The Labute approximate surface area is 175 Å². The highest BCUT2D eigenvalue weighted by Gasteiger charge is 2.13. The first-order valence-corrected chi connectivity index (χ1v) is 9.82. The molecule has 1 aliphatic rings. The van der Waals surface area contributed by atoms with Gasteiger partial charge in [-0.25, -0.2) is 9.97 Å². The van der Waals surface area contributed by atoms with Gasteiger partial charge in [-0.15, -0.1) is 0 Å². The van der Waals surface area contributed by atoms with Crippen molar-refractivity contribution in [1.82, 2.24) is 9.97 Å². The number of hydrogen-bond acceptors (Lipinski definition) is 7. The maximum Gasteiger partial charge on any atom is 0.252 e. The standard InChI is InChI=1S/C22H24N6O2/c23-22(29)18-15-25-20(12-19(18)24-13-16-4-2-1-3-5-16)27-17-6-7-21(26-14-17)28-8-10-30-11-9-28/h1-7,12,14-15H,8-11,13H2,(H2,23,29)(H2,24,25,27). The van der Waals surface area contributed by atoms with Crippen LogP contribution in [0.5, 0.6) is 0 Å². The number of carbonyl (C=O) groups excluding carboxylic acids is 1. The van der Waals surface area contributed by atoms with Crippen LogP contribution in [0.3, 0.4) is 0 Å². The molecule has 154 valence electrons. The third-order valence-electron chi connectivity index (χ3n) is 4.85. The second-order valence-electron chi connectivity index (χ2n) is 6.95. The highest BCUT2D eigenvalue weighted by atomic mass is 16.5. The molecule has 0 spiro atoms. The van der Waals surface area contributed by atoms with E-state index in [0.29, 0.717) is 23.6 Å². The Hall–Kier alpha value is -3.65. The molecule has 1 aromatic carbocycles. The minimum atomic E-state index is -0.527. The Morgan fingerprint density at radius 2 is 1.87 bits per heavy atom. The SMILES string of the molecule is NC(=O)c1cnc(Nc2ccc(N3CCOCC3)nc2)cc1NCc1ccccc1. The van der Waals surface area contributed by atoms with Gasteiger partial charge in [0, 0.05) is 31.9 Å². The molecule has 4 rings (SSSR count). The minimum absolute atomic E-state index is 0.345. The fourth-order valence-electron chi connectivity index (χ4n) is 3.25. The third-order valence-corrected chi connectivity index (χ3v) is 4.85. The van der Waals surface area contributed by atoms with Crippen molar-refractivity contribution in [2.24, 2.45) is 5.73 Å². The van der Waals surface area contributed by atoms with E-state index in [2.05, 4.69) is 25.5 Å². The Balaban J connectivity index is 1.47. The molecule has 2 aromatic heterocycles. The number of benzene rings is 1. The maximum absolute atomic E-state index is 11.8. The number of carbonyl (C=O) groups is 1. The molecule has 0 atom stereocenters. The number of primary amides is 1. The van der Waals surface area contributed by atoms with E-state index in [9.17, 15) is 4.79 Å². The largest absolute Gasteiger partial charge is 0.380 e. The van der Waals surface area contributed by atoms with E-state index < -0.39 is 5.91 Å². The van der Waals surface area contributed by atoms with E-state index in [0.717, 1.165) is 43.4 Å². The van der Waals surface area contributed by atoms with Gasteiger partial charge >= 0.3 is 0 Å². The van der Waals surface area contributed by atoms with Crippen LogP contribution in [-0.4, -0.2) is 42.2 Å². The fraction of sp³-hybridized carbons (Fsp3) is 0.227. The number of nitrogens with zero attached hydrogens (tertiary/aromatic N) is 3. The second kappa shape index (κ2) is 9.23. The number of aromatic nitrogens is 2. The van der Waals surface area contributed by atoms with Gasteiger partial charge in [-0.1, -0.05) is 30.3 Å². The summed E-state index contributed by atoms with van der Waals surface area (Å²) in [7, 11) is 0. The predicted molar refractivity (Wildman–Crippen MR) is 117 cm³/mol. The summed E-state index contributed by atoms with van der Waals surface area (Å²) in [4.78, 5) is 22.8. The molecule has 1 fully saturated rings. The van der Waals surface area contributed by atoms with E-state index in [1.807, 2.05) is 42.5 Å². The van der Waals surface area contributed by atoms with Crippen LogP contribution in [0, 0.1) is 0 Å². The summed E-state index contributed by atoms with van der Waals surface area (Å²) in [5, 5.41) is 6.50. The van der Waals surface area contributed by atoms with Gasteiger partial charge in [-0.3, -0.25) is 4.79 Å². The normalized spacial score (nSPS) is 13.7. The summed E-state index contributed by atoms with van der Waals surface area (Å²) >= 11 is 0. The average molecular weight is 404 g/mol. The van der Waals surface area contributed by atoms with Crippen LogP contribution in [0.15, 0.2) is 60.9 Å². The van der Waals surface area contributed by atoms with Gasteiger partial charge in [0.25, 0.3) is 5.91 Å². The van der Waals surface area contributed by atoms with Crippen LogP contribution in [0.25, 0.3) is 0 Å². The minimum Gasteiger partial charge on any atom is -0.380 e. The molecule has 0 radical (unpaired) electrons. The van der Waals surface area contributed by atoms with Crippen LogP contribution in [0.4, 0.5) is 23.0 Å². The summed E-state index contributed by atoms with van der Waals surface area (Å²) in [6.07, 6.45) is 3.25. The molecular formula is C22H24N6O2. The van der Waals surface area contributed by atoms with Crippen molar-refractivity contribution in [1.29, 1.82) is 0 Å². The van der Waals surface area contributed by atoms with Crippen molar-refractivity contribution in [3.63, 3.8) is 0 Å². The lowest BCUT2D eigenvalue weighted by Crippen LogP contribution is -2.36. The zero-order chi connectivity index (χ0) is 20.8. The highest BCUT2D eigenvalue weighted by molar-refractivity contribution is 5.98. The molecule has 4 N–H and O–H groups in total. The first-order chi connectivity index (χ1) is 14.7. The summed E-state index contributed by atoms with van der Waals surface area (Å²) in [6.45, 7) is 3.69. The van der Waals surface area contributed by atoms with Crippen LogP contribution in [-0.2, 0) is 11.3 Å². The summed E-state index contributed by atoms with van der Waals surface area (Å²) in [5.41, 5.74) is 8.39. The quantitative estimate of drug-likeness (QED) is 0.556. The lowest BCUT2D eigenvalue weighted by atomic mass is 10.2. The molecule has 30 heavy (non-hydrogen) atoms. The van der Waals surface area contributed by atoms with Gasteiger partial charge in [-0.2, -0.15) is 0 Å². The average Bonchev–Trinajstić information content (AvgIpc) is 2.79. The van der Waals surface area contributed by atoms with Crippen molar-refractivity contribution >= 4 is 28.9 Å². The van der Waals surface area contributed by atoms with Gasteiger partial charge in [0.15, 0.2) is 0 Å². The zero-order valence-electron chi connectivity index (χ0n) is 16.5. The Morgan fingerprint density at radius 3 is 2.57 bits per heavy atom. The number of morpholine rings is 1. The van der Waals surface area contributed by atoms with Crippen molar-refractivity contribution in [2.75, 3.05) is 41.8 Å². The van der Waals surface area contributed by atoms with Crippen molar-refractivity contribution in [3.05, 3.63) is 72.1 Å². The maximum atomic E-state index is 11.8. The van der Waals surface area contributed by atoms with Crippen molar-refractivity contribution < 1.29 is 9.53 Å². The lowest BCUT2D eigenvalue weighted by molar-refractivity contribution is 0.100. The van der Waals surface area contributed by atoms with Gasteiger partial charge in [0.05, 0.1) is 36.3 Å². The zero-order valence-corrected chi connectivity index (χ0v) is 16.5. The molecule has 8 nitrogen and oxygen atoms in total. The van der Waals surface area contributed by atoms with E-state index in [1.165, 1.54) is 6.20 Å². The summed E-state index contributed by atoms with van der Waals surface area (Å²) in [5.74, 6) is 0.990. The molecule has 1 amide bonds. The Kier molecular flexibility index (Phi) is 6.05. The first kappa shape index (κ1) is 19.7. The molecule has 0 bridgehead atoms. The number of nitrogens with one attached hydrogen (secondary N) is 2. The predicted octanol–water partition coefficient (Wildman–Crippen LogP) is 2.77. The molecule has 1 aliphatic heterocycles. The van der Waals surface area contributed by atoms with Crippen molar-refractivity contribution in [2.45, 2.75) is 6.54 Å². The summed E-state index contributed by atoms with van der Waals surface area (Å²) < 4.78 is 5.38. The third kappa shape index (κ3) is 4.84. The molecule has 0 unspecified atom stereocenters. The molecule has 8 heteroatoms. The number of amides is 1. The van der Waals surface area contributed by atoms with Gasteiger partial charge < -0.3 is 26.0 Å². The fourth-order valence-corrected chi connectivity index (χ4v) is 3.25. The highest BCUT2D eigenvalue weighted by Crippen LogP contribution is 2.23. The number of ether oxygens (including phenoxy) is 1. The van der Waals surface area contributed by atoms with Gasteiger partial charge in [0.2, 0.25) is 0 Å². The molecule has 3 heterocycles. The van der Waals surface area contributed by atoms with E-state index in [1.54, 1.807) is 12.3 Å².